The first-order valence-corrected chi connectivity index (χ1v) is 25.3. The van der Waals surface area contributed by atoms with Gasteiger partial charge in [-0.3, -0.25) is 38.6 Å². The fraction of sp³-hybridized carbons (Fsp3) is 0.429. The highest BCUT2D eigenvalue weighted by molar-refractivity contribution is 9.10. The Morgan fingerprint density at radius 3 is 1.79 bits per heavy atom. The number of carbonyl (C=O) groups is 9. The van der Waals surface area contributed by atoms with E-state index in [4.69, 9.17) is 40.3 Å². The van der Waals surface area contributed by atoms with Crippen molar-refractivity contribution < 1.29 is 58.5 Å². The smallest absolute Gasteiger partial charge is 0.326 e. The molecular weight excluding hydrogens is 1070 g/mol. The van der Waals surface area contributed by atoms with Crippen molar-refractivity contribution >= 4 is 92.4 Å². The summed E-state index contributed by atoms with van der Waals surface area (Å²) < 4.78 is 0.852. The summed E-state index contributed by atoms with van der Waals surface area (Å²) in [5.41, 5.74) is 25.4. The zero-order chi connectivity index (χ0) is 56.2. The molecule has 0 spiro atoms. The molecule has 0 aliphatic carbocycles. The van der Waals surface area contributed by atoms with Crippen molar-refractivity contribution in [3.8, 4) is 0 Å². The molecule has 0 bridgehead atoms. The highest BCUT2D eigenvalue weighted by atomic mass is 79.9. The number of primary amides is 4. The summed E-state index contributed by atoms with van der Waals surface area (Å²) in [6.07, 6.45) is 0.0885. The minimum Gasteiger partial charge on any atom is -0.481 e. The molecule has 3 aromatic rings. The summed E-state index contributed by atoms with van der Waals surface area (Å²) in [6.45, 7) is 2.04. The largest absolute Gasteiger partial charge is 0.481 e. The molecule has 76 heavy (non-hydrogen) atoms. The third-order valence-corrected chi connectivity index (χ3v) is 12.3. The minimum absolute atomic E-state index is 0.0381. The van der Waals surface area contributed by atoms with Crippen molar-refractivity contribution in [2.45, 2.75) is 69.7 Å². The van der Waals surface area contributed by atoms with Crippen molar-refractivity contribution in [1.82, 2.24) is 41.3 Å². The number of urea groups is 1. The summed E-state index contributed by atoms with van der Waals surface area (Å²) in [6, 6.07) is 17.5. The van der Waals surface area contributed by atoms with Crippen LogP contribution in [0.5, 0.6) is 0 Å². The summed E-state index contributed by atoms with van der Waals surface area (Å²) in [7, 11) is 0. The number of nitrogens with two attached hydrogens (primary N) is 4. The normalized spacial score (nSPS) is 12.2. The Kier molecular flexibility index (Phi) is 27.8. The van der Waals surface area contributed by atoms with Gasteiger partial charge in [-0.15, -0.1) is 0 Å². The lowest BCUT2D eigenvalue weighted by atomic mass is 10.0. The van der Waals surface area contributed by atoms with E-state index in [-0.39, 0.29) is 70.6 Å². The summed E-state index contributed by atoms with van der Waals surface area (Å²) in [4.78, 5) is 113. The molecule has 0 heterocycles. The maximum absolute atomic E-state index is 14.0. The maximum Gasteiger partial charge on any atom is 0.326 e. The van der Waals surface area contributed by atoms with Gasteiger partial charge < -0.3 is 75.1 Å². The molecular formula is C49H68BrN13O12S. The quantitative estimate of drug-likeness (QED) is 0.0255. The third kappa shape index (κ3) is 25.8. The summed E-state index contributed by atoms with van der Waals surface area (Å²) >= 11 is 9.00. The van der Waals surface area contributed by atoms with E-state index in [2.05, 4.69) is 47.8 Å². The number of amides is 7. The lowest BCUT2D eigenvalue weighted by Crippen LogP contribution is -2.51. The van der Waals surface area contributed by atoms with E-state index < -0.39 is 72.5 Å². The van der Waals surface area contributed by atoms with Gasteiger partial charge in [0.1, 0.15) is 12.1 Å². The van der Waals surface area contributed by atoms with Crippen LogP contribution in [0.3, 0.4) is 0 Å². The molecule has 0 saturated heterocycles. The first-order chi connectivity index (χ1) is 36.1. The second kappa shape index (κ2) is 33.6. The van der Waals surface area contributed by atoms with Crippen molar-refractivity contribution in [1.29, 1.82) is 0 Å². The van der Waals surface area contributed by atoms with E-state index in [1.165, 1.54) is 0 Å². The molecule has 1 unspecified atom stereocenters. The van der Waals surface area contributed by atoms with Gasteiger partial charge in [0, 0.05) is 80.5 Å². The average Bonchev–Trinajstić information content (AvgIpc) is 3.35. The first kappa shape index (κ1) is 63.0. The maximum atomic E-state index is 14.0. The van der Waals surface area contributed by atoms with E-state index >= 15 is 0 Å². The van der Waals surface area contributed by atoms with Gasteiger partial charge in [-0.2, -0.15) is 0 Å². The average molecular weight is 1140 g/mol. The number of halogens is 1. The van der Waals surface area contributed by atoms with Crippen LogP contribution >= 0.6 is 28.1 Å². The summed E-state index contributed by atoms with van der Waals surface area (Å²) in [5, 5.41) is 44.9. The Morgan fingerprint density at radius 1 is 0.632 bits per heavy atom. The van der Waals surface area contributed by atoms with Crippen LogP contribution in [-0.4, -0.2) is 172 Å². The zero-order valence-electron chi connectivity index (χ0n) is 41.8. The van der Waals surface area contributed by atoms with Crippen molar-refractivity contribution in [3.05, 3.63) is 99.5 Å². The topological polar surface area (TPSA) is 400 Å². The second-order valence-electron chi connectivity index (χ2n) is 17.7. The van der Waals surface area contributed by atoms with Gasteiger partial charge in [-0.25, -0.2) is 14.4 Å². The minimum atomic E-state index is -1.54. The number of carboxylic acids is 3. The van der Waals surface area contributed by atoms with Crippen LogP contribution < -0.4 is 54.8 Å². The number of nitrogens with one attached hydrogen (secondary N) is 6. The number of aliphatic carboxylic acids is 3. The van der Waals surface area contributed by atoms with E-state index in [0.29, 0.717) is 61.9 Å². The molecule has 3 aromatic carbocycles. The van der Waals surface area contributed by atoms with E-state index in [1.54, 1.807) is 34.1 Å². The molecule has 3 atom stereocenters. The highest BCUT2D eigenvalue weighted by Crippen LogP contribution is 2.18. The van der Waals surface area contributed by atoms with Gasteiger partial charge in [0.2, 0.25) is 23.6 Å². The number of hydrogen-bond donors (Lipinski definition) is 13. The monoisotopic (exact) mass is 1140 g/mol. The highest BCUT2D eigenvalue weighted by Gasteiger charge is 2.26. The third-order valence-electron chi connectivity index (χ3n) is 11.5. The van der Waals surface area contributed by atoms with Gasteiger partial charge in [0.05, 0.1) is 26.2 Å². The number of anilines is 1. The number of carboxylic acid groups (broad SMARTS) is 3. The molecule has 0 radical (unpaired) electrons. The van der Waals surface area contributed by atoms with Crippen LogP contribution in [0.4, 0.5) is 10.5 Å². The molecule has 414 valence electrons. The number of thiocarbonyl (C=S) groups is 1. The summed E-state index contributed by atoms with van der Waals surface area (Å²) in [5.74, 6) is -6.59. The lowest BCUT2D eigenvalue weighted by Gasteiger charge is -2.33. The van der Waals surface area contributed by atoms with E-state index in [1.807, 2.05) is 53.4 Å². The Morgan fingerprint density at radius 2 is 1.21 bits per heavy atom. The molecule has 0 aromatic heterocycles. The van der Waals surface area contributed by atoms with Crippen LogP contribution in [0.2, 0.25) is 0 Å². The van der Waals surface area contributed by atoms with Crippen molar-refractivity contribution in [2.75, 3.05) is 70.8 Å². The SMILES string of the molecule is NC(=O)CNCCN(CCN(CC(N)=O)C(CNCC(N)=O)Cc1ccc(NC(=S)NCc2ccc(C(=O)N(CCCC[C@@H](NC(=O)N[C@H](CCC(=O)O)C(=O)O)C(=O)O)Cc3ccc(Br)cc3)cc2)cc1)CC(N)=O. The number of nitrogens with zero attached hydrogens (tertiary/aromatic N) is 3. The Balaban J connectivity index is 1.62. The van der Waals surface area contributed by atoms with Gasteiger partial charge in [0.25, 0.3) is 5.91 Å². The van der Waals surface area contributed by atoms with E-state index in [9.17, 15) is 53.4 Å². The van der Waals surface area contributed by atoms with Crippen LogP contribution in [0.1, 0.15) is 59.2 Å². The van der Waals surface area contributed by atoms with Gasteiger partial charge in [-0.1, -0.05) is 52.3 Å². The fourth-order valence-corrected chi connectivity index (χ4v) is 8.10. The Hall–Kier alpha value is -7.30. The number of carbonyl (C=O) groups excluding carboxylic acids is 6. The molecule has 0 aliphatic heterocycles. The molecule has 27 heteroatoms. The van der Waals surface area contributed by atoms with Crippen LogP contribution in [0.25, 0.3) is 0 Å². The number of benzene rings is 3. The van der Waals surface area contributed by atoms with Crippen LogP contribution in [0, 0.1) is 0 Å². The molecule has 7 amide bonds. The Labute approximate surface area is 453 Å². The van der Waals surface area contributed by atoms with Crippen molar-refractivity contribution in [2.24, 2.45) is 22.9 Å². The first-order valence-electron chi connectivity index (χ1n) is 24.1. The van der Waals surface area contributed by atoms with Crippen LogP contribution in [0.15, 0.2) is 77.3 Å². The fourth-order valence-electron chi connectivity index (χ4n) is 7.65. The molecule has 3 rings (SSSR count). The van der Waals surface area contributed by atoms with Crippen molar-refractivity contribution in [3.63, 3.8) is 0 Å². The molecule has 17 N–H and O–H groups in total. The zero-order valence-corrected chi connectivity index (χ0v) is 44.2. The molecule has 25 nitrogen and oxygen atoms in total. The molecule has 0 aliphatic rings. The van der Waals surface area contributed by atoms with E-state index in [0.717, 1.165) is 21.2 Å². The molecule has 0 saturated carbocycles. The van der Waals surface area contributed by atoms with Gasteiger partial charge >= 0.3 is 23.9 Å². The standard InChI is InChI=1S/C49H68BrN13O12S/c50-35-12-6-33(7-13-35)28-63(19-2-1-3-38(46(71)72)59-48(75)60-39(47(73)74)16-17-44(68)69)45(70)34-10-4-32(5-11-34)24-57-49(76)58-36-14-8-31(9-15-36)23-37(25-56-27-41(52)65)62(30-43(54)67)22-21-61(29-42(53)66)20-18-55-26-40(51)64/h4-15,37-39,55-56H,1-3,16-30H2,(H2,51,64)(H2,52,65)(H2,53,66)(H2,54,67)(H,68,69)(H,71,72)(H,73,74)(H2,57,58,76)(H2,59,60,75)/t37?,38-,39-/m1/s1. The predicted molar refractivity (Wildman–Crippen MR) is 288 cm³/mol. The van der Waals surface area contributed by atoms with Gasteiger partial charge in [-0.05, 0) is 97.4 Å². The predicted octanol–water partition coefficient (Wildman–Crippen LogP) is -0.546. The second-order valence-corrected chi connectivity index (χ2v) is 19.0. The lowest BCUT2D eigenvalue weighted by molar-refractivity contribution is -0.141. The van der Waals surface area contributed by atoms with Gasteiger partial charge in [0.15, 0.2) is 5.11 Å². The Bertz CT molecular complexity index is 2440. The number of hydrogen-bond acceptors (Lipinski definition) is 14. The number of unbranched alkanes of at least 4 members (excludes halogenated alkanes) is 1. The van der Waals surface area contributed by atoms with Crippen LogP contribution in [-0.2, 0) is 53.1 Å². The number of rotatable bonds is 37. The molecule has 0 fully saturated rings.